The number of sulfone groups is 1. The summed E-state index contributed by atoms with van der Waals surface area (Å²) in [7, 11) is -2.84. The van der Waals surface area contributed by atoms with Crippen LogP contribution in [0.2, 0.25) is 0 Å². The molecule has 1 aliphatic carbocycles. The van der Waals surface area contributed by atoms with Crippen LogP contribution in [-0.2, 0) is 14.6 Å². The van der Waals surface area contributed by atoms with E-state index in [1.807, 2.05) is 0 Å². The summed E-state index contributed by atoms with van der Waals surface area (Å²) in [6.07, 6.45) is 5.46. The first-order valence-corrected chi connectivity index (χ1v) is 7.15. The van der Waals surface area contributed by atoms with E-state index in [-0.39, 0.29) is 29.1 Å². The number of Topliss-reactive ketones (excluding diaryl/α,β-unsaturated/α-hetero) is 1. The molecule has 1 saturated heterocycles. The van der Waals surface area contributed by atoms with Crippen molar-refractivity contribution in [2.45, 2.75) is 32.1 Å². The van der Waals surface area contributed by atoms with E-state index in [9.17, 15) is 13.2 Å². The van der Waals surface area contributed by atoms with E-state index in [1.165, 1.54) is 6.42 Å². The maximum absolute atomic E-state index is 11.8. The molecule has 0 aromatic heterocycles. The Hall–Kier alpha value is -0.380. The molecule has 1 saturated carbocycles. The van der Waals surface area contributed by atoms with Gasteiger partial charge < -0.3 is 0 Å². The fourth-order valence-corrected chi connectivity index (χ4v) is 3.91. The predicted molar refractivity (Wildman–Crippen MR) is 53.7 cm³/mol. The maximum Gasteiger partial charge on any atom is 0.151 e. The summed E-state index contributed by atoms with van der Waals surface area (Å²) < 4.78 is 21.9. The molecule has 0 N–H and O–H groups in total. The molecular weight excluding hydrogens is 200 g/mol. The summed E-state index contributed by atoms with van der Waals surface area (Å²) >= 11 is 0. The SMILES string of the molecule is O=C(C1CCCCC1)C1CS(=O)(=O)C1. The van der Waals surface area contributed by atoms with Crippen molar-refractivity contribution in [3.05, 3.63) is 0 Å². The molecule has 0 atom stereocenters. The van der Waals surface area contributed by atoms with E-state index in [0.29, 0.717) is 0 Å². The second-order valence-corrected chi connectivity index (χ2v) is 6.66. The lowest BCUT2D eigenvalue weighted by atomic mass is 9.82. The fraction of sp³-hybridized carbons (Fsp3) is 0.900. The highest BCUT2D eigenvalue weighted by atomic mass is 32.2. The lowest BCUT2D eigenvalue weighted by Crippen LogP contribution is -2.44. The van der Waals surface area contributed by atoms with Crippen LogP contribution in [0.5, 0.6) is 0 Å². The molecule has 0 amide bonds. The van der Waals surface area contributed by atoms with Crippen LogP contribution in [0, 0.1) is 11.8 Å². The van der Waals surface area contributed by atoms with Crippen molar-refractivity contribution in [3.8, 4) is 0 Å². The van der Waals surface area contributed by atoms with E-state index in [2.05, 4.69) is 0 Å². The summed E-state index contributed by atoms with van der Waals surface area (Å²) in [6.45, 7) is 0. The number of carbonyl (C=O) groups is 1. The Labute approximate surface area is 84.8 Å². The third-order valence-corrected chi connectivity index (χ3v) is 5.14. The van der Waals surface area contributed by atoms with Crippen molar-refractivity contribution in [1.29, 1.82) is 0 Å². The van der Waals surface area contributed by atoms with Crippen LogP contribution in [0.25, 0.3) is 0 Å². The van der Waals surface area contributed by atoms with Gasteiger partial charge in [0.15, 0.2) is 9.84 Å². The zero-order chi connectivity index (χ0) is 10.2. The van der Waals surface area contributed by atoms with Gasteiger partial charge in [0.2, 0.25) is 0 Å². The number of hydrogen-bond acceptors (Lipinski definition) is 3. The van der Waals surface area contributed by atoms with Gasteiger partial charge in [-0.15, -0.1) is 0 Å². The molecule has 3 nitrogen and oxygen atoms in total. The zero-order valence-corrected chi connectivity index (χ0v) is 9.05. The molecule has 1 heterocycles. The predicted octanol–water partition coefficient (Wildman–Crippen LogP) is 1.18. The number of hydrogen-bond donors (Lipinski definition) is 0. The second-order valence-electron chi connectivity index (χ2n) is 4.51. The first-order valence-electron chi connectivity index (χ1n) is 5.33. The number of carbonyl (C=O) groups excluding carboxylic acids is 1. The maximum atomic E-state index is 11.8. The van der Waals surface area contributed by atoms with E-state index in [1.54, 1.807) is 0 Å². The average Bonchev–Trinajstić information content (AvgIpc) is 2.14. The summed E-state index contributed by atoms with van der Waals surface area (Å²) in [5.41, 5.74) is 0. The average molecular weight is 216 g/mol. The van der Waals surface area contributed by atoms with Crippen LogP contribution in [0.1, 0.15) is 32.1 Å². The Morgan fingerprint density at radius 2 is 1.50 bits per heavy atom. The van der Waals surface area contributed by atoms with Crippen LogP contribution in [0.3, 0.4) is 0 Å². The third-order valence-electron chi connectivity index (χ3n) is 3.32. The van der Waals surface area contributed by atoms with Crippen molar-refractivity contribution in [2.24, 2.45) is 11.8 Å². The highest BCUT2D eigenvalue weighted by Gasteiger charge is 2.40. The third kappa shape index (κ3) is 2.00. The van der Waals surface area contributed by atoms with Crippen LogP contribution in [0.15, 0.2) is 0 Å². The number of rotatable bonds is 2. The number of ketones is 1. The van der Waals surface area contributed by atoms with Crippen molar-refractivity contribution in [1.82, 2.24) is 0 Å². The largest absolute Gasteiger partial charge is 0.299 e. The van der Waals surface area contributed by atoms with E-state index in [0.717, 1.165) is 25.7 Å². The van der Waals surface area contributed by atoms with Crippen molar-refractivity contribution in [3.63, 3.8) is 0 Å². The highest BCUT2D eigenvalue weighted by Crippen LogP contribution is 2.30. The molecule has 0 spiro atoms. The molecule has 0 bridgehead atoms. The zero-order valence-electron chi connectivity index (χ0n) is 8.24. The first-order chi connectivity index (χ1) is 6.58. The van der Waals surface area contributed by atoms with Gasteiger partial charge in [0.1, 0.15) is 5.78 Å². The Balaban J connectivity index is 1.90. The van der Waals surface area contributed by atoms with Gasteiger partial charge >= 0.3 is 0 Å². The quantitative estimate of drug-likeness (QED) is 0.696. The van der Waals surface area contributed by atoms with Gasteiger partial charge in [-0.1, -0.05) is 19.3 Å². The van der Waals surface area contributed by atoms with E-state index >= 15 is 0 Å². The first kappa shape index (κ1) is 10.1. The topological polar surface area (TPSA) is 51.2 Å². The molecule has 2 rings (SSSR count). The molecule has 0 unspecified atom stereocenters. The Bertz CT molecular complexity index is 313. The van der Waals surface area contributed by atoms with Crippen LogP contribution >= 0.6 is 0 Å². The molecule has 0 aromatic carbocycles. The smallest absolute Gasteiger partial charge is 0.151 e. The Kier molecular flexibility index (Phi) is 2.64. The minimum Gasteiger partial charge on any atom is -0.299 e. The molecule has 4 heteroatoms. The van der Waals surface area contributed by atoms with Gasteiger partial charge in [0.05, 0.1) is 11.5 Å². The van der Waals surface area contributed by atoms with Crippen LogP contribution < -0.4 is 0 Å². The summed E-state index contributed by atoms with van der Waals surface area (Å²) in [4.78, 5) is 11.8. The highest BCUT2D eigenvalue weighted by molar-refractivity contribution is 7.92. The van der Waals surface area contributed by atoms with Crippen molar-refractivity contribution in [2.75, 3.05) is 11.5 Å². The Morgan fingerprint density at radius 3 is 2.00 bits per heavy atom. The minimum absolute atomic E-state index is 0.113. The molecule has 0 radical (unpaired) electrons. The minimum atomic E-state index is -2.84. The van der Waals surface area contributed by atoms with Crippen LogP contribution in [-0.4, -0.2) is 25.7 Å². The molecule has 80 valence electrons. The van der Waals surface area contributed by atoms with Gasteiger partial charge in [0.25, 0.3) is 0 Å². The Morgan fingerprint density at radius 1 is 0.929 bits per heavy atom. The summed E-state index contributed by atoms with van der Waals surface area (Å²) in [5.74, 6) is 0.455. The van der Waals surface area contributed by atoms with Gasteiger partial charge in [0, 0.05) is 11.8 Å². The van der Waals surface area contributed by atoms with Gasteiger partial charge in [-0.2, -0.15) is 0 Å². The monoisotopic (exact) mass is 216 g/mol. The molecule has 1 aliphatic heterocycles. The standard InChI is InChI=1S/C10H16O3S/c11-10(8-4-2-1-3-5-8)9-6-14(12,13)7-9/h8-9H,1-7H2. The second kappa shape index (κ2) is 3.65. The molecular formula is C10H16O3S. The summed E-state index contributed by atoms with van der Waals surface area (Å²) in [6, 6.07) is 0. The van der Waals surface area contributed by atoms with Crippen molar-refractivity contribution < 1.29 is 13.2 Å². The van der Waals surface area contributed by atoms with E-state index < -0.39 is 9.84 Å². The fourth-order valence-electron chi connectivity index (χ4n) is 2.45. The van der Waals surface area contributed by atoms with Gasteiger partial charge in [-0.25, -0.2) is 8.42 Å². The molecule has 2 aliphatic rings. The molecule has 14 heavy (non-hydrogen) atoms. The van der Waals surface area contributed by atoms with E-state index in [4.69, 9.17) is 0 Å². The van der Waals surface area contributed by atoms with Crippen molar-refractivity contribution >= 4 is 15.6 Å². The van der Waals surface area contributed by atoms with Gasteiger partial charge in [-0.3, -0.25) is 4.79 Å². The lowest BCUT2D eigenvalue weighted by Gasteiger charge is -2.29. The summed E-state index contributed by atoms with van der Waals surface area (Å²) in [5, 5.41) is 0. The lowest BCUT2D eigenvalue weighted by molar-refractivity contribution is -0.126. The normalized spacial score (nSPS) is 28.3. The molecule has 2 fully saturated rings. The molecule has 0 aromatic rings. The van der Waals surface area contributed by atoms with Gasteiger partial charge in [-0.05, 0) is 12.8 Å². The van der Waals surface area contributed by atoms with Crippen LogP contribution in [0.4, 0.5) is 0 Å².